The molecule has 1 fully saturated rings. The Labute approximate surface area is 167 Å². The number of carbonyl (C=O) groups is 2. The average molecular weight is 382 g/mol. The summed E-state index contributed by atoms with van der Waals surface area (Å²) in [5, 5.41) is 3.03. The molecular weight excluding hydrogens is 350 g/mol. The Bertz CT molecular complexity index is 831. The first kappa shape index (κ1) is 20.2. The van der Waals surface area contributed by atoms with Crippen LogP contribution in [0.5, 0.6) is 0 Å². The molecule has 0 radical (unpaired) electrons. The molecule has 1 aliphatic heterocycles. The number of aryl methyl sites for hydroxylation is 1. The number of hydrogen-bond acceptors (Lipinski definition) is 2. The standard InChI is InChI=1S/C23H31N3O2/c1-16(2)26-17(3)14-21(18(26)4)23(28)25-12-10-20(11-13-25)22(27)24-15-19-8-6-5-7-9-19/h5-9,14,16,20H,10-13,15H2,1-4H3,(H,24,27). The molecule has 1 aliphatic rings. The fourth-order valence-electron chi connectivity index (χ4n) is 4.23. The van der Waals surface area contributed by atoms with Crippen molar-refractivity contribution in [3.63, 3.8) is 0 Å². The van der Waals surface area contributed by atoms with Gasteiger partial charge in [-0.1, -0.05) is 30.3 Å². The van der Waals surface area contributed by atoms with Crippen LogP contribution < -0.4 is 5.32 Å². The molecule has 0 atom stereocenters. The summed E-state index contributed by atoms with van der Waals surface area (Å²) in [6, 6.07) is 12.3. The zero-order chi connectivity index (χ0) is 20.3. The molecule has 2 aromatic rings. The van der Waals surface area contributed by atoms with E-state index in [2.05, 4.69) is 23.7 Å². The number of carbonyl (C=O) groups excluding carboxylic acids is 2. The second-order valence-corrected chi connectivity index (χ2v) is 8.02. The van der Waals surface area contributed by atoms with Gasteiger partial charge in [0.25, 0.3) is 5.91 Å². The van der Waals surface area contributed by atoms with Crippen LogP contribution >= 0.6 is 0 Å². The first-order chi connectivity index (χ1) is 13.4. The Balaban J connectivity index is 1.55. The van der Waals surface area contributed by atoms with Crippen molar-refractivity contribution in [2.45, 2.75) is 53.1 Å². The van der Waals surface area contributed by atoms with E-state index in [4.69, 9.17) is 0 Å². The first-order valence-electron chi connectivity index (χ1n) is 10.2. The normalized spacial score (nSPS) is 15.1. The third-order valence-corrected chi connectivity index (χ3v) is 5.69. The van der Waals surface area contributed by atoms with Crippen LogP contribution in [0.3, 0.4) is 0 Å². The van der Waals surface area contributed by atoms with Gasteiger partial charge in [0, 0.05) is 43.0 Å². The van der Waals surface area contributed by atoms with Crippen LogP contribution in [0.1, 0.15) is 60.0 Å². The number of likely N-dealkylation sites (tertiary alicyclic amines) is 1. The number of rotatable bonds is 5. The summed E-state index contributed by atoms with van der Waals surface area (Å²) in [7, 11) is 0. The predicted molar refractivity (Wildman–Crippen MR) is 111 cm³/mol. The summed E-state index contributed by atoms with van der Waals surface area (Å²) in [4.78, 5) is 27.4. The van der Waals surface area contributed by atoms with Crippen LogP contribution in [0.4, 0.5) is 0 Å². The third kappa shape index (κ3) is 4.29. The molecule has 0 bridgehead atoms. The van der Waals surface area contributed by atoms with E-state index in [0.29, 0.717) is 25.7 Å². The van der Waals surface area contributed by atoms with Crippen molar-refractivity contribution < 1.29 is 9.59 Å². The van der Waals surface area contributed by atoms with Crippen molar-refractivity contribution in [1.82, 2.24) is 14.8 Å². The highest BCUT2D eigenvalue weighted by Gasteiger charge is 2.29. The summed E-state index contributed by atoms with van der Waals surface area (Å²) in [6.07, 6.45) is 1.44. The van der Waals surface area contributed by atoms with Crippen molar-refractivity contribution in [3.05, 3.63) is 58.9 Å². The lowest BCUT2D eigenvalue weighted by molar-refractivity contribution is -0.126. The molecule has 150 valence electrons. The number of benzene rings is 1. The number of amides is 2. The maximum atomic E-state index is 13.0. The zero-order valence-electron chi connectivity index (χ0n) is 17.4. The molecule has 1 aromatic carbocycles. The van der Waals surface area contributed by atoms with Crippen molar-refractivity contribution >= 4 is 11.8 Å². The summed E-state index contributed by atoms with van der Waals surface area (Å²) in [5.41, 5.74) is 4.04. The van der Waals surface area contributed by atoms with E-state index in [1.54, 1.807) is 0 Å². The fraction of sp³-hybridized carbons (Fsp3) is 0.478. The monoisotopic (exact) mass is 381 g/mol. The van der Waals surface area contributed by atoms with Gasteiger partial charge in [-0.05, 0) is 52.2 Å². The molecule has 0 saturated carbocycles. The molecule has 0 spiro atoms. The summed E-state index contributed by atoms with van der Waals surface area (Å²) < 4.78 is 2.21. The van der Waals surface area contributed by atoms with E-state index >= 15 is 0 Å². The van der Waals surface area contributed by atoms with Crippen LogP contribution in [0, 0.1) is 19.8 Å². The second-order valence-electron chi connectivity index (χ2n) is 8.02. The Kier molecular flexibility index (Phi) is 6.22. The molecule has 1 saturated heterocycles. The molecule has 2 amide bonds. The highest BCUT2D eigenvalue weighted by molar-refractivity contribution is 5.96. The minimum atomic E-state index is -0.0177. The number of hydrogen-bond donors (Lipinski definition) is 1. The maximum absolute atomic E-state index is 13.0. The van der Waals surface area contributed by atoms with Crippen molar-refractivity contribution in [1.29, 1.82) is 0 Å². The van der Waals surface area contributed by atoms with E-state index in [1.165, 1.54) is 0 Å². The van der Waals surface area contributed by atoms with E-state index < -0.39 is 0 Å². The molecule has 5 heteroatoms. The van der Waals surface area contributed by atoms with Crippen molar-refractivity contribution in [2.75, 3.05) is 13.1 Å². The van der Waals surface area contributed by atoms with E-state index in [-0.39, 0.29) is 17.7 Å². The zero-order valence-corrected chi connectivity index (χ0v) is 17.4. The van der Waals surface area contributed by atoms with Gasteiger partial charge >= 0.3 is 0 Å². The molecule has 1 N–H and O–H groups in total. The van der Waals surface area contributed by atoms with Gasteiger partial charge in [0.2, 0.25) is 5.91 Å². The van der Waals surface area contributed by atoms with Crippen LogP contribution in [0.25, 0.3) is 0 Å². The van der Waals surface area contributed by atoms with Gasteiger partial charge in [0.1, 0.15) is 0 Å². The molecular formula is C23H31N3O2. The molecule has 0 unspecified atom stereocenters. The topological polar surface area (TPSA) is 54.3 Å². The van der Waals surface area contributed by atoms with Crippen LogP contribution in [-0.2, 0) is 11.3 Å². The number of aromatic nitrogens is 1. The number of nitrogens with one attached hydrogen (secondary N) is 1. The molecule has 5 nitrogen and oxygen atoms in total. The lowest BCUT2D eigenvalue weighted by Gasteiger charge is -2.31. The Hall–Kier alpha value is -2.56. The predicted octanol–water partition coefficient (Wildman–Crippen LogP) is 3.85. The van der Waals surface area contributed by atoms with Gasteiger partial charge in [-0.3, -0.25) is 9.59 Å². The highest BCUT2D eigenvalue weighted by atomic mass is 16.2. The largest absolute Gasteiger partial charge is 0.352 e. The summed E-state index contributed by atoms with van der Waals surface area (Å²) >= 11 is 0. The Morgan fingerprint density at radius 3 is 2.32 bits per heavy atom. The number of piperidine rings is 1. The maximum Gasteiger partial charge on any atom is 0.255 e. The van der Waals surface area contributed by atoms with Gasteiger partial charge in [-0.2, -0.15) is 0 Å². The smallest absolute Gasteiger partial charge is 0.255 e. The Morgan fingerprint density at radius 2 is 1.75 bits per heavy atom. The van der Waals surface area contributed by atoms with Gasteiger partial charge in [0.15, 0.2) is 0 Å². The van der Waals surface area contributed by atoms with Crippen molar-refractivity contribution in [2.24, 2.45) is 5.92 Å². The SMILES string of the molecule is Cc1cc(C(=O)N2CCC(C(=O)NCc3ccccc3)CC2)c(C)n1C(C)C. The van der Waals surface area contributed by atoms with Crippen LogP contribution in [0.2, 0.25) is 0 Å². The van der Waals surface area contributed by atoms with E-state index in [9.17, 15) is 9.59 Å². The van der Waals surface area contributed by atoms with Crippen molar-refractivity contribution in [3.8, 4) is 0 Å². The molecule has 1 aromatic heterocycles. The molecule has 2 heterocycles. The summed E-state index contributed by atoms with van der Waals surface area (Å²) in [5.74, 6) is 0.160. The minimum absolute atomic E-state index is 0.0177. The fourth-order valence-corrected chi connectivity index (χ4v) is 4.23. The lowest BCUT2D eigenvalue weighted by atomic mass is 9.95. The van der Waals surface area contributed by atoms with Gasteiger partial charge in [0.05, 0.1) is 5.56 Å². The molecule has 3 rings (SSSR count). The lowest BCUT2D eigenvalue weighted by Crippen LogP contribution is -2.43. The Morgan fingerprint density at radius 1 is 1.11 bits per heavy atom. The molecule has 28 heavy (non-hydrogen) atoms. The van der Waals surface area contributed by atoms with Crippen LogP contribution in [-0.4, -0.2) is 34.4 Å². The second kappa shape index (κ2) is 8.63. The minimum Gasteiger partial charge on any atom is -0.352 e. The molecule has 0 aliphatic carbocycles. The quantitative estimate of drug-likeness (QED) is 0.855. The third-order valence-electron chi connectivity index (χ3n) is 5.69. The first-order valence-corrected chi connectivity index (χ1v) is 10.2. The summed E-state index contributed by atoms with van der Waals surface area (Å²) in [6.45, 7) is 10.2. The van der Waals surface area contributed by atoms with Crippen LogP contribution in [0.15, 0.2) is 36.4 Å². The van der Waals surface area contributed by atoms with Gasteiger partial charge < -0.3 is 14.8 Å². The van der Waals surface area contributed by atoms with E-state index in [0.717, 1.165) is 35.4 Å². The number of nitrogens with zero attached hydrogens (tertiary/aromatic N) is 2. The highest BCUT2D eigenvalue weighted by Crippen LogP contribution is 2.24. The van der Waals surface area contributed by atoms with Gasteiger partial charge in [-0.25, -0.2) is 0 Å². The average Bonchev–Trinajstić information content (AvgIpc) is 3.00. The van der Waals surface area contributed by atoms with Gasteiger partial charge in [-0.15, -0.1) is 0 Å². The van der Waals surface area contributed by atoms with E-state index in [1.807, 2.05) is 55.1 Å².